The number of hydrogen-bond donors (Lipinski definition) is 1. The van der Waals surface area contributed by atoms with E-state index >= 15 is 0 Å². The molecule has 100 valence electrons. The van der Waals surface area contributed by atoms with Crippen molar-refractivity contribution in [2.45, 2.75) is 46.1 Å². The van der Waals surface area contributed by atoms with Crippen molar-refractivity contribution in [3.8, 4) is 0 Å². The fourth-order valence-corrected chi connectivity index (χ4v) is 1.89. The Morgan fingerprint density at radius 3 is 2.78 bits per heavy atom. The van der Waals surface area contributed by atoms with Crippen molar-refractivity contribution in [1.82, 2.24) is 10.3 Å². The first-order valence-corrected chi connectivity index (χ1v) is 6.50. The van der Waals surface area contributed by atoms with E-state index in [1.54, 1.807) is 0 Å². The van der Waals surface area contributed by atoms with Gasteiger partial charge in [-0.15, -0.1) is 0 Å². The van der Waals surface area contributed by atoms with Crippen molar-refractivity contribution in [2.24, 2.45) is 5.92 Å². The second-order valence-electron chi connectivity index (χ2n) is 4.62. The summed E-state index contributed by atoms with van der Waals surface area (Å²) in [5, 5.41) is 2.98. The van der Waals surface area contributed by atoms with Gasteiger partial charge < -0.3 is 5.32 Å². The molecule has 0 fully saturated rings. The average molecular weight is 252 g/mol. The van der Waals surface area contributed by atoms with Gasteiger partial charge in [-0.05, 0) is 18.4 Å². The van der Waals surface area contributed by atoms with Crippen LogP contribution in [0, 0.1) is 11.9 Å². The van der Waals surface area contributed by atoms with Crippen molar-refractivity contribution in [2.75, 3.05) is 0 Å². The molecule has 4 heteroatoms. The van der Waals surface area contributed by atoms with Gasteiger partial charge in [-0.2, -0.15) is 4.39 Å². The lowest BCUT2D eigenvalue weighted by atomic mass is 9.95. The molecule has 0 radical (unpaired) electrons. The molecule has 1 amide bonds. The third kappa shape index (κ3) is 4.09. The highest BCUT2D eigenvalue weighted by Crippen LogP contribution is 2.13. The molecule has 2 atom stereocenters. The molecule has 1 aromatic rings. The Morgan fingerprint density at radius 1 is 1.50 bits per heavy atom. The summed E-state index contributed by atoms with van der Waals surface area (Å²) in [6.45, 7) is 6.31. The summed E-state index contributed by atoms with van der Waals surface area (Å²) in [6.07, 6.45) is 4.27. The van der Waals surface area contributed by atoms with Crippen molar-refractivity contribution in [1.29, 1.82) is 0 Å². The van der Waals surface area contributed by atoms with Crippen molar-refractivity contribution in [3.63, 3.8) is 0 Å². The van der Waals surface area contributed by atoms with E-state index in [0.29, 0.717) is 11.5 Å². The second-order valence-corrected chi connectivity index (χ2v) is 4.62. The number of halogens is 1. The summed E-state index contributed by atoms with van der Waals surface area (Å²) in [7, 11) is 0. The highest BCUT2D eigenvalue weighted by atomic mass is 19.1. The molecule has 18 heavy (non-hydrogen) atoms. The summed E-state index contributed by atoms with van der Waals surface area (Å²) in [4.78, 5) is 15.4. The first-order valence-electron chi connectivity index (χ1n) is 6.50. The van der Waals surface area contributed by atoms with Crippen LogP contribution in [0.4, 0.5) is 4.39 Å². The fourth-order valence-electron chi connectivity index (χ4n) is 1.89. The Balaban J connectivity index is 2.72. The summed E-state index contributed by atoms with van der Waals surface area (Å²) in [5.41, 5.74) is 0.326. The Morgan fingerprint density at radius 2 is 2.22 bits per heavy atom. The minimum Gasteiger partial charge on any atom is -0.349 e. The smallest absolute Gasteiger partial charge is 0.251 e. The predicted molar refractivity (Wildman–Crippen MR) is 69.8 cm³/mol. The zero-order chi connectivity index (χ0) is 13.5. The molecule has 0 aliphatic heterocycles. The molecule has 0 bridgehead atoms. The zero-order valence-corrected chi connectivity index (χ0v) is 11.2. The summed E-state index contributed by atoms with van der Waals surface area (Å²) in [5.74, 6) is -0.436. The summed E-state index contributed by atoms with van der Waals surface area (Å²) < 4.78 is 12.9. The molecule has 0 aliphatic rings. The standard InChI is InChI=1S/C14H21FN2O/c1-4-6-12(10(3)5-2)17-14(18)11-7-8-16-13(15)9-11/h7-10,12H,4-6H2,1-3H3,(H,17,18). The third-order valence-electron chi connectivity index (χ3n) is 3.24. The van der Waals surface area contributed by atoms with Crippen molar-refractivity contribution >= 4 is 5.91 Å². The highest BCUT2D eigenvalue weighted by Gasteiger charge is 2.18. The van der Waals surface area contributed by atoms with Gasteiger partial charge in [0.05, 0.1) is 0 Å². The van der Waals surface area contributed by atoms with Crippen LogP contribution in [0.3, 0.4) is 0 Å². The Bertz CT molecular complexity index is 395. The molecule has 1 N–H and O–H groups in total. The van der Waals surface area contributed by atoms with Crippen LogP contribution in [0.1, 0.15) is 50.4 Å². The van der Waals surface area contributed by atoms with E-state index in [-0.39, 0.29) is 11.9 Å². The molecule has 0 saturated carbocycles. The van der Waals surface area contributed by atoms with Crippen molar-refractivity contribution in [3.05, 3.63) is 29.8 Å². The van der Waals surface area contributed by atoms with Gasteiger partial charge in [0.15, 0.2) is 0 Å². The van der Waals surface area contributed by atoms with E-state index in [9.17, 15) is 9.18 Å². The lowest BCUT2D eigenvalue weighted by Gasteiger charge is -2.23. The zero-order valence-electron chi connectivity index (χ0n) is 11.2. The number of pyridine rings is 1. The Kier molecular flexibility index (Phi) is 5.75. The number of rotatable bonds is 6. The van der Waals surface area contributed by atoms with Gasteiger partial charge >= 0.3 is 0 Å². The molecule has 1 aromatic heterocycles. The molecular formula is C14H21FN2O. The number of aromatic nitrogens is 1. The number of carbonyl (C=O) groups is 1. The van der Waals surface area contributed by atoms with Gasteiger partial charge in [-0.1, -0.05) is 33.6 Å². The SMILES string of the molecule is CCCC(NC(=O)c1ccnc(F)c1)C(C)CC. The van der Waals surface area contributed by atoms with Gasteiger partial charge in [-0.25, -0.2) is 4.98 Å². The Labute approximate surface area is 108 Å². The topological polar surface area (TPSA) is 42.0 Å². The van der Waals surface area contributed by atoms with E-state index in [1.165, 1.54) is 12.3 Å². The monoisotopic (exact) mass is 252 g/mol. The number of hydrogen-bond acceptors (Lipinski definition) is 2. The molecule has 0 saturated heterocycles. The number of nitrogens with one attached hydrogen (secondary N) is 1. The predicted octanol–water partition coefficient (Wildman–Crippen LogP) is 3.17. The minimum atomic E-state index is -0.627. The summed E-state index contributed by atoms with van der Waals surface area (Å²) in [6, 6.07) is 2.83. The molecule has 0 aromatic carbocycles. The third-order valence-corrected chi connectivity index (χ3v) is 3.24. The second kappa shape index (κ2) is 7.09. The number of amides is 1. The largest absolute Gasteiger partial charge is 0.349 e. The maximum absolute atomic E-state index is 12.9. The van der Waals surface area contributed by atoms with Crippen LogP contribution in [0.5, 0.6) is 0 Å². The maximum Gasteiger partial charge on any atom is 0.251 e. The maximum atomic E-state index is 12.9. The first-order chi connectivity index (χ1) is 8.58. The molecule has 3 nitrogen and oxygen atoms in total. The molecule has 1 heterocycles. The van der Waals surface area contributed by atoms with Crippen LogP contribution in [0.2, 0.25) is 0 Å². The molecular weight excluding hydrogens is 231 g/mol. The van der Waals surface area contributed by atoms with E-state index in [2.05, 4.69) is 31.1 Å². The van der Waals surface area contributed by atoms with Crippen LogP contribution in [-0.2, 0) is 0 Å². The van der Waals surface area contributed by atoms with Crippen LogP contribution >= 0.6 is 0 Å². The lowest BCUT2D eigenvalue weighted by Crippen LogP contribution is -2.39. The van der Waals surface area contributed by atoms with Crippen LogP contribution in [-0.4, -0.2) is 16.9 Å². The van der Waals surface area contributed by atoms with E-state index in [4.69, 9.17) is 0 Å². The number of carbonyl (C=O) groups excluding carboxylic acids is 1. The van der Waals surface area contributed by atoms with Crippen LogP contribution in [0.25, 0.3) is 0 Å². The van der Waals surface area contributed by atoms with Gasteiger partial charge in [0, 0.05) is 23.9 Å². The number of nitrogens with zero attached hydrogens (tertiary/aromatic N) is 1. The molecule has 1 rings (SSSR count). The van der Waals surface area contributed by atoms with Gasteiger partial charge in [0.25, 0.3) is 5.91 Å². The minimum absolute atomic E-state index is 0.142. The quantitative estimate of drug-likeness (QED) is 0.790. The van der Waals surface area contributed by atoms with E-state index in [0.717, 1.165) is 25.3 Å². The van der Waals surface area contributed by atoms with Crippen LogP contribution < -0.4 is 5.32 Å². The average Bonchev–Trinajstić information content (AvgIpc) is 2.37. The van der Waals surface area contributed by atoms with Gasteiger partial charge in [0.1, 0.15) is 0 Å². The van der Waals surface area contributed by atoms with E-state index < -0.39 is 5.95 Å². The van der Waals surface area contributed by atoms with Gasteiger partial charge in [0.2, 0.25) is 5.95 Å². The normalized spacial score (nSPS) is 14.0. The van der Waals surface area contributed by atoms with Crippen LogP contribution in [0.15, 0.2) is 18.3 Å². The summed E-state index contributed by atoms with van der Waals surface area (Å²) >= 11 is 0. The molecule has 0 aliphatic carbocycles. The van der Waals surface area contributed by atoms with Crippen molar-refractivity contribution < 1.29 is 9.18 Å². The van der Waals surface area contributed by atoms with E-state index in [1.807, 2.05) is 0 Å². The molecule has 2 unspecified atom stereocenters. The Hall–Kier alpha value is -1.45. The first kappa shape index (κ1) is 14.6. The fraction of sp³-hybridized carbons (Fsp3) is 0.571. The highest BCUT2D eigenvalue weighted by molar-refractivity contribution is 5.94. The molecule has 0 spiro atoms. The lowest BCUT2D eigenvalue weighted by molar-refractivity contribution is 0.0919. The van der Waals surface area contributed by atoms with Gasteiger partial charge in [-0.3, -0.25) is 4.79 Å².